The first-order chi connectivity index (χ1) is 31.2. The third kappa shape index (κ3) is 11.6. The summed E-state index contributed by atoms with van der Waals surface area (Å²) in [6.45, 7) is 0. The number of para-hydroxylation sites is 1. The van der Waals surface area contributed by atoms with Gasteiger partial charge in [-0.05, 0) is 87.5 Å². The molecule has 0 saturated carbocycles. The van der Waals surface area contributed by atoms with Gasteiger partial charge in [0.2, 0.25) is 0 Å². The van der Waals surface area contributed by atoms with Gasteiger partial charge in [0.1, 0.15) is 15.9 Å². The van der Waals surface area contributed by atoms with Crippen molar-refractivity contribution in [2.75, 3.05) is 12.0 Å². The maximum atomic E-state index is 9.19. The van der Waals surface area contributed by atoms with Crippen molar-refractivity contribution in [2.24, 2.45) is 0 Å². The quantitative estimate of drug-likeness (QED) is 0.0523. The number of nitrogen functional groups attached to an aromatic ring is 1. The molecule has 0 unspecified atom stereocenters. The minimum atomic E-state index is -3.67. The van der Waals surface area contributed by atoms with Gasteiger partial charge in [0.25, 0.3) is 10.1 Å². The van der Waals surface area contributed by atoms with Crippen LogP contribution in [0.1, 0.15) is 0 Å². The molecule has 10 rings (SSSR count). The normalized spacial score (nSPS) is 11.0. The first kappa shape index (κ1) is 46.9. The summed E-state index contributed by atoms with van der Waals surface area (Å²) in [5, 5.41) is 13.5. The summed E-state index contributed by atoms with van der Waals surface area (Å²) in [6.07, 6.45) is 0.715. The van der Waals surface area contributed by atoms with Crippen LogP contribution in [0.15, 0.2) is 243 Å². The molecule has 0 aliphatic heterocycles. The SMILES string of the molecule is CS(=O)(=O)O.Nc1ccccc1-c1[c-]cccc1.[Pd].c1ccc(P(c2ccccc2)c2ccc3ccccc3c2-c2c([PH+](c3ccccc3)c3ccccc3)ccc3ccccc23)cc1. The van der Waals surface area contributed by atoms with Crippen LogP contribution < -0.4 is 37.6 Å². The number of rotatable bonds is 8. The van der Waals surface area contributed by atoms with E-state index in [1.165, 1.54) is 64.5 Å². The van der Waals surface area contributed by atoms with Gasteiger partial charge in [-0.3, -0.25) is 4.55 Å². The summed E-state index contributed by atoms with van der Waals surface area (Å²) in [7, 11) is -5.89. The fraction of sp³-hybridized carbons (Fsp3) is 0.0175. The van der Waals surface area contributed by atoms with Gasteiger partial charge in [0.05, 0.1) is 14.2 Å². The molecular weight excluding hydrogens is 947 g/mol. The molecular formula is C57H47NO3P2PdS. The first-order valence-electron chi connectivity index (χ1n) is 20.9. The van der Waals surface area contributed by atoms with Crippen LogP contribution in [0.25, 0.3) is 43.8 Å². The van der Waals surface area contributed by atoms with Gasteiger partial charge in [0.15, 0.2) is 0 Å². The van der Waals surface area contributed by atoms with E-state index in [1.54, 1.807) is 0 Å². The van der Waals surface area contributed by atoms with Crippen LogP contribution in [0.2, 0.25) is 0 Å². The van der Waals surface area contributed by atoms with E-state index < -0.39 is 26.0 Å². The Balaban J connectivity index is 0.000000277. The summed E-state index contributed by atoms with van der Waals surface area (Å²) in [5.74, 6) is 0. The number of benzene rings is 10. The molecule has 0 radical (unpaired) electrons. The molecule has 0 aromatic heterocycles. The molecule has 0 saturated heterocycles. The van der Waals surface area contributed by atoms with E-state index in [4.69, 9.17) is 10.3 Å². The summed E-state index contributed by atoms with van der Waals surface area (Å²) in [4.78, 5) is 0. The molecule has 0 aliphatic rings. The van der Waals surface area contributed by atoms with Crippen LogP contribution >= 0.6 is 15.8 Å². The van der Waals surface area contributed by atoms with Gasteiger partial charge >= 0.3 is 0 Å². The number of nitrogens with two attached hydrogens (primary N) is 1. The predicted molar refractivity (Wildman–Crippen MR) is 278 cm³/mol. The smallest absolute Gasteiger partial charge is 0.261 e. The Morgan fingerprint density at radius 3 is 1.43 bits per heavy atom. The van der Waals surface area contributed by atoms with Crippen molar-refractivity contribution in [3.05, 3.63) is 249 Å². The standard InChI is InChI=1S/C44H32P2.C12H10N.CH4O3S.Pd/c1-5-19-35(20-6-1)45(36-21-7-2-8-22-36)41-31-29-33-17-13-15-27-39(33)43(41)44-40-28-16-14-18-34(40)30-32-42(44)46(37-23-9-3-10-24-37)38-25-11-4-12-26-38;13-12-9-5-4-8-11(12)10-6-2-1-3-7-10;1-5(2,3)4;/h1-32H;1-6,8-9H,13H2;1H3,(H,2,3,4);/q;-1;;/p+1. The van der Waals surface area contributed by atoms with Crippen LogP contribution in [0.3, 0.4) is 0 Å². The summed E-state index contributed by atoms with van der Waals surface area (Å²) >= 11 is 0. The monoisotopic (exact) mass is 993 g/mol. The first-order valence-corrected chi connectivity index (χ1v) is 25.6. The van der Waals surface area contributed by atoms with Crippen LogP contribution in [-0.2, 0) is 30.5 Å². The van der Waals surface area contributed by atoms with Crippen molar-refractivity contribution in [3.63, 3.8) is 0 Å². The largest absolute Gasteiger partial charge is 0.406 e. The molecule has 65 heavy (non-hydrogen) atoms. The molecule has 10 aromatic rings. The fourth-order valence-electron chi connectivity index (χ4n) is 8.03. The van der Waals surface area contributed by atoms with E-state index in [0.29, 0.717) is 6.26 Å². The maximum Gasteiger partial charge on any atom is 0.261 e. The van der Waals surface area contributed by atoms with Gasteiger partial charge in [-0.15, -0.1) is 35.9 Å². The second-order valence-electron chi connectivity index (χ2n) is 15.1. The molecule has 10 aromatic carbocycles. The summed E-state index contributed by atoms with van der Waals surface area (Å²) in [6, 6.07) is 90.8. The molecule has 324 valence electrons. The summed E-state index contributed by atoms with van der Waals surface area (Å²) in [5.41, 5.74) is 11.4. The van der Waals surface area contributed by atoms with Crippen LogP contribution in [0, 0.1) is 6.07 Å². The average molecular weight is 994 g/mol. The van der Waals surface area contributed by atoms with E-state index in [1.807, 2.05) is 48.5 Å². The third-order valence-corrected chi connectivity index (χ3v) is 16.0. The van der Waals surface area contributed by atoms with Crippen molar-refractivity contribution in [1.82, 2.24) is 0 Å². The molecule has 0 atom stereocenters. The summed E-state index contributed by atoms with van der Waals surface area (Å²) < 4.78 is 25.9. The van der Waals surface area contributed by atoms with Gasteiger partial charge in [0, 0.05) is 31.5 Å². The zero-order valence-electron chi connectivity index (χ0n) is 35.6. The Kier molecular flexibility index (Phi) is 16.1. The van der Waals surface area contributed by atoms with E-state index in [2.05, 4.69) is 200 Å². The van der Waals surface area contributed by atoms with Crippen LogP contribution in [-0.4, -0.2) is 19.2 Å². The number of hydrogen-bond donors (Lipinski definition) is 2. The Morgan fingerprint density at radius 2 is 0.923 bits per heavy atom. The van der Waals surface area contributed by atoms with E-state index in [9.17, 15) is 8.42 Å². The second kappa shape index (κ2) is 22.2. The molecule has 0 bridgehead atoms. The Hall–Kier alpha value is -6.05. The molecule has 4 nitrogen and oxygen atoms in total. The van der Waals surface area contributed by atoms with Gasteiger partial charge in [-0.25, -0.2) is 0 Å². The topological polar surface area (TPSA) is 80.4 Å². The third-order valence-electron chi connectivity index (χ3n) is 10.7. The molecule has 0 spiro atoms. The molecule has 0 amide bonds. The van der Waals surface area contributed by atoms with Crippen LogP contribution in [0.4, 0.5) is 5.69 Å². The van der Waals surface area contributed by atoms with Crippen molar-refractivity contribution >= 4 is 85.0 Å². The Morgan fingerprint density at radius 1 is 0.492 bits per heavy atom. The van der Waals surface area contributed by atoms with Crippen molar-refractivity contribution in [2.45, 2.75) is 0 Å². The van der Waals surface area contributed by atoms with Gasteiger partial charge in [-0.1, -0.05) is 188 Å². The number of hydrogen-bond acceptors (Lipinski definition) is 3. The van der Waals surface area contributed by atoms with Crippen molar-refractivity contribution < 1.29 is 33.4 Å². The molecule has 0 fully saturated rings. The number of fused-ring (bicyclic) bond motifs is 2. The minimum absolute atomic E-state index is 0. The van der Waals surface area contributed by atoms with Gasteiger partial charge in [-0.2, -0.15) is 8.42 Å². The fourth-order valence-corrected chi connectivity index (χ4v) is 13.3. The Bertz CT molecular complexity index is 2970. The van der Waals surface area contributed by atoms with E-state index in [0.717, 1.165) is 16.8 Å². The zero-order valence-corrected chi connectivity index (χ0v) is 39.9. The molecule has 0 aliphatic carbocycles. The Labute approximate surface area is 398 Å². The van der Waals surface area contributed by atoms with Crippen molar-refractivity contribution in [3.8, 4) is 22.3 Å². The molecule has 8 heteroatoms. The maximum absolute atomic E-state index is 9.19. The van der Waals surface area contributed by atoms with Gasteiger partial charge < -0.3 is 5.73 Å². The second-order valence-corrected chi connectivity index (χ2v) is 21.2. The molecule has 0 heterocycles. The van der Waals surface area contributed by atoms with E-state index in [-0.39, 0.29) is 20.4 Å². The molecule has 3 N–H and O–H groups in total. The van der Waals surface area contributed by atoms with E-state index >= 15 is 0 Å². The average Bonchev–Trinajstić information content (AvgIpc) is 3.33. The predicted octanol–water partition coefficient (Wildman–Crippen LogP) is 11.1. The minimum Gasteiger partial charge on any atom is -0.406 e. The van der Waals surface area contributed by atoms with Crippen molar-refractivity contribution in [1.29, 1.82) is 0 Å². The van der Waals surface area contributed by atoms with Crippen LogP contribution in [0.5, 0.6) is 0 Å². The zero-order chi connectivity index (χ0) is 44.3. The number of anilines is 1.